The van der Waals surface area contributed by atoms with Crippen LogP contribution in [0.3, 0.4) is 0 Å². The molecule has 0 saturated heterocycles. The van der Waals surface area contributed by atoms with E-state index in [4.69, 9.17) is 0 Å². The summed E-state index contributed by atoms with van der Waals surface area (Å²) in [7, 11) is 1.43. The first-order chi connectivity index (χ1) is 21.1. The zero-order valence-corrected chi connectivity index (χ0v) is 32.1. The highest BCUT2D eigenvalue weighted by Gasteiger charge is 2.45. The number of ketones is 2. The summed E-state index contributed by atoms with van der Waals surface area (Å²) in [5.41, 5.74) is 2.30. The molecule has 0 fully saturated rings. The second-order valence-electron chi connectivity index (χ2n) is 13.4. The Hall–Kier alpha value is -3.09. The van der Waals surface area contributed by atoms with Gasteiger partial charge in [0.05, 0.1) is 0 Å². The van der Waals surface area contributed by atoms with Crippen LogP contribution in [0.4, 0.5) is 0 Å². The van der Waals surface area contributed by atoms with Crippen LogP contribution in [0.5, 0.6) is 0 Å². The van der Waals surface area contributed by atoms with Gasteiger partial charge in [0, 0.05) is 42.4 Å². The summed E-state index contributed by atoms with van der Waals surface area (Å²) < 4.78 is 0. The van der Waals surface area contributed by atoms with E-state index in [0.717, 1.165) is 70.7 Å². The van der Waals surface area contributed by atoms with E-state index < -0.39 is 10.1 Å². The third kappa shape index (κ3) is 5.28. The van der Waals surface area contributed by atoms with Crippen molar-refractivity contribution >= 4 is 75.1 Å². The summed E-state index contributed by atoms with van der Waals surface area (Å²) >= 11 is 0. The van der Waals surface area contributed by atoms with Crippen LogP contribution in [0.25, 0.3) is 43.1 Å². The molecule has 2 unspecified atom stereocenters. The molecule has 2 nitrogen and oxygen atoms in total. The fraction of sp³-hybridized carbons (Fsp3) is 0.400. The van der Waals surface area contributed by atoms with Gasteiger partial charge < -0.3 is 0 Å². The van der Waals surface area contributed by atoms with Crippen molar-refractivity contribution < 1.29 is 9.59 Å². The Bertz CT molecular complexity index is 1870. The van der Waals surface area contributed by atoms with Gasteiger partial charge in [-0.2, -0.15) is 0 Å². The first-order valence-corrected chi connectivity index (χ1v) is 19.0. The normalized spacial score (nSPS) is 15.1. The van der Waals surface area contributed by atoms with Crippen LogP contribution in [0.2, 0.25) is 0 Å². The molecule has 0 aromatic heterocycles. The van der Waals surface area contributed by atoms with Crippen molar-refractivity contribution in [3.63, 3.8) is 0 Å². The van der Waals surface area contributed by atoms with Gasteiger partial charge in [0.2, 0.25) is 0 Å². The van der Waals surface area contributed by atoms with Gasteiger partial charge in [-0.15, -0.1) is 0 Å². The van der Waals surface area contributed by atoms with E-state index in [1.54, 1.807) is 0 Å². The Morgan fingerprint density at radius 2 is 0.955 bits per heavy atom. The molecule has 0 aliphatic carbocycles. The Morgan fingerprint density at radius 1 is 0.545 bits per heavy atom. The van der Waals surface area contributed by atoms with Gasteiger partial charge in [-0.1, -0.05) is 77.9 Å². The molecule has 0 aliphatic heterocycles. The fourth-order valence-corrected chi connectivity index (χ4v) is 9.53. The quantitative estimate of drug-likeness (QED) is 0.104. The van der Waals surface area contributed by atoms with Crippen LogP contribution < -0.4 is 0 Å². The highest BCUT2D eigenvalue weighted by Crippen LogP contribution is 2.45. The summed E-state index contributed by atoms with van der Waals surface area (Å²) in [6, 6.07) is 26.9. The molecule has 5 aromatic carbocycles. The number of carbonyl (C=O) groups excluding carboxylic acids is 2. The Labute approximate surface area is 269 Å². The molecule has 0 aliphatic rings. The molecule has 44 heavy (non-hydrogen) atoms. The zero-order valence-electron chi connectivity index (χ0n) is 28.1. The highest BCUT2D eigenvalue weighted by molar-refractivity contribution is 6.33. The van der Waals surface area contributed by atoms with Crippen LogP contribution >= 0.6 is 0 Å². The molecule has 0 saturated carbocycles. The van der Waals surface area contributed by atoms with Gasteiger partial charge in [0.1, 0.15) is 11.6 Å². The van der Waals surface area contributed by atoms with Crippen LogP contribution in [0.15, 0.2) is 72.8 Å². The van der Waals surface area contributed by atoms with E-state index in [9.17, 15) is 9.59 Å². The van der Waals surface area contributed by atoms with Crippen LogP contribution in [0, 0.1) is 11.8 Å². The lowest BCUT2D eigenvalue weighted by Crippen LogP contribution is -2.46. The second-order valence-corrected chi connectivity index (χ2v) is 16.8. The Kier molecular flexibility index (Phi) is 9.35. The number of carbonyl (C=O) groups is 2. The molecule has 0 amide bonds. The lowest BCUT2D eigenvalue weighted by Gasteiger charge is -2.40. The molecular weight excluding hydrogens is 569 g/mol. The van der Waals surface area contributed by atoms with E-state index in [1.807, 2.05) is 0 Å². The summed E-state index contributed by atoms with van der Waals surface area (Å²) in [6.45, 7) is 13.0. The van der Waals surface area contributed by atoms with Crippen LogP contribution in [0.1, 0.15) is 91.2 Å². The van der Waals surface area contributed by atoms with Gasteiger partial charge in [-0.3, -0.25) is 9.59 Å². The third-order valence-corrected chi connectivity index (χ3v) is 14.6. The van der Waals surface area contributed by atoms with Crippen molar-refractivity contribution in [2.24, 2.45) is 11.8 Å². The molecule has 4 heteroatoms. The molecule has 0 spiro atoms. The molecule has 5 aromatic rings. The maximum atomic E-state index is 14.6. The van der Waals surface area contributed by atoms with Crippen molar-refractivity contribution in [1.29, 1.82) is 0 Å². The van der Waals surface area contributed by atoms with Gasteiger partial charge in [0.25, 0.3) is 0 Å². The third-order valence-electron chi connectivity index (χ3n) is 11.2. The van der Waals surface area contributed by atoms with Crippen LogP contribution in [-0.2, 0) is 19.7 Å². The lowest BCUT2D eigenvalue weighted by atomic mass is 9.72. The average molecular weight is 619 g/mol. The van der Waals surface area contributed by atoms with Crippen LogP contribution in [-0.4, -0.2) is 32.1 Å². The number of hydrogen-bond donors (Lipinski definition) is 0. The Balaban J connectivity index is 1.88. The summed E-state index contributed by atoms with van der Waals surface area (Å²) in [5, 5.41) is 8.62. The minimum absolute atomic E-state index is 0.0353. The first kappa shape index (κ1) is 32.3. The predicted molar refractivity (Wildman–Crippen MR) is 198 cm³/mol. The molecule has 0 radical (unpaired) electrons. The van der Waals surface area contributed by atoms with Crippen molar-refractivity contribution in [2.75, 3.05) is 0 Å². The smallest absolute Gasteiger partial charge is 0.142 e. The van der Waals surface area contributed by atoms with Gasteiger partial charge >= 0.3 is 0 Å². The zero-order chi connectivity index (χ0) is 31.8. The van der Waals surface area contributed by atoms with E-state index in [-0.39, 0.29) is 11.8 Å². The number of hydrogen-bond acceptors (Lipinski definition) is 2. The molecule has 230 valence electrons. The largest absolute Gasteiger partial charge is 0.299 e. The van der Waals surface area contributed by atoms with E-state index in [1.165, 1.54) is 32.3 Å². The topological polar surface area (TPSA) is 34.1 Å². The van der Waals surface area contributed by atoms with Gasteiger partial charge in [-0.25, -0.2) is 0 Å². The lowest BCUT2D eigenvalue weighted by molar-refractivity contribution is -0.127. The van der Waals surface area contributed by atoms with Crippen molar-refractivity contribution in [2.45, 2.75) is 90.1 Å². The van der Waals surface area contributed by atoms with Crippen molar-refractivity contribution in [3.8, 4) is 0 Å². The summed E-state index contributed by atoms with van der Waals surface area (Å²) in [4.78, 5) is 29.0. The number of rotatable bonds is 12. The SMILES string of the molecule is CCC(CC)C(=O)C([SiH3])(CC)c1ccc2cc3cc4cc5ccccc5cc4cc3cc2c1C([SiH3])(CC)C(=O)C(CC)CC. The summed E-state index contributed by atoms with van der Waals surface area (Å²) in [6.07, 6.45) is 4.98. The molecule has 5 rings (SSSR count). The average Bonchev–Trinajstić information content (AvgIpc) is 3.05. The number of benzene rings is 5. The summed E-state index contributed by atoms with van der Waals surface area (Å²) in [5.74, 6) is 0.846. The fourth-order valence-electron chi connectivity index (χ4n) is 7.76. The Morgan fingerprint density at radius 3 is 1.41 bits per heavy atom. The van der Waals surface area contributed by atoms with E-state index >= 15 is 0 Å². The number of fused-ring (bicyclic) bond motifs is 4. The van der Waals surface area contributed by atoms with Crippen molar-refractivity contribution in [3.05, 3.63) is 83.9 Å². The van der Waals surface area contributed by atoms with Gasteiger partial charge in [0.15, 0.2) is 0 Å². The van der Waals surface area contributed by atoms with Crippen molar-refractivity contribution in [1.82, 2.24) is 0 Å². The molecule has 0 heterocycles. The predicted octanol–water partition coefficient (Wildman–Crippen LogP) is 8.25. The van der Waals surface area contributed by atoms with E-state index in [0.29, 0.717) is 21.8 Å². The second kappa shape index (κ2) is 12.7. The first-order valence-electron chi connectivity index (χ1n) is 17.0. The van der Waals surface area contributed by atoms with E-state index in [2.05, 4.69) is 114 Å². The maximum Gasteiger partial charge on any atom is 0.142 e. The molecular formula is C40H50O2Si2. The molecule has 0 bridgehead atoms. The maximum absolute atomic E-state index is 14.6. The minimum Gasteiger partial charge on any atom is -0.299 e. The molecule has 0 N–H and O–H groups in total. The number of Topliss-reactive ketones (excluding diaryl/α,β-unsaturated/α-hetero) is 2. The standard InChI is InChI=1S/C40H50O2Si2/c1-7-25(8-2)37(41)39(43,11-5)35-18-17-29-21-32-22-30-19-27-15-13-14-16-28(27)20-31(30)23-33(32)24-34(29)36(35)40(44,12-6)38(42)26(9-3)10-4/h13-26H,7-12H2,1-6,43-44H3. The highest BCUT2D eigenvalue weighted by atomic mass is 28.1. The molecule has 2 atom stereocenters. The monoisotopic (exact) mass is 618 g/mol. The minimum atomic E-state index is -0.550. The van der Waals surface area contributed by atoms with Gasteiger partial charge in [-0.05, 0) is 129 Å².